The fraction of sp³-hybridized carbons (Fsp3) is 0.0667. The molecule has 2 aromatic carbocycles. The van der Waals surface area contributed by atoms with Crippen LogP contribution in [0.1, 0.15) is 11.1 Å². The van der Waals surface area contributed by atoms with E-state index in [1.165, 1.54) is 12.1 Å². The van der Waals surface area contributed by atoms with Crippen LogP contribution in [0.25, 0.3) is 5.70 Å². The van der Waals surface area contributed by atoms with Gasteiger partial charge in [0.15, 0.2) is 0 Å². The molecule has 0 bridgehead atoms. The molecule has 2 rings (SSSR count). The molecule has 0 aliphatic heterocycles. The third-order valence-corrected chi connectivity index (χ3v) is 4.65. The highest BCUT2D eigenvalue weighted by Crippen LogP contribution is 2.15. The summed E-state index contributed by atoms with van der Waals surface area (Å²) in [4.78, 5) is 2.49. The lowest BCUT2D eigenvalue weighted by Crippen LogP contribution is -2.35. The van der Waals surface area contributed by atoms with Crippen molar-refractivity contribution >= 4 is 31.7 Å². The van der Waals surface area contributed by atoms with Gasteiger partial charge in [0.25, 0.3) is 10.0 Å². The van der Waals surface area contributed by atoms with E-state index in [1.807, 2.05) is 31.2 Å². The highest BCUT2D eigenvalue weighted by atomic mass is 79.9. The van der Waals surface area contributed by atoms with Crippen LogP contribution in [-0.4, -0.2) is 8.42 Å². The summed E-state index contributed by atoms with van der Waals surface area (Å²) < 4.78 is 25.0. The molecule has 21 heavy (non-hydrogen) atoms. The van der Waals surface area contributed by atoms with Crippen molar-refractivity contribution in [3.05, 3.63) is 70.7 Å². The second kappa shape index (κ2) is 6.43. The van der Waals surface area contributed by atoms with Crippen molar-refractivity contribution in [2.45, 2.75) is 11.8 Å². The zero-order chi connectivity index (χ0) is 15.5. The van der Waals surface area contributed by atoms with Crippen LogP contribution in [0.4, 0.5) is 0 Å². The van der Waals surface area contributed by atoms with Crippen LogP contribution in [0, 0.1) is 6.92 Å². The van der Waals surface area contributed by atoms with E-state index in [9.17, 15) is 8.42 Å². The van der Waals surface area contributed by atoms with E-state index >= 15 is 0 Å². The van der Waals surface area contributed by atoms with Gasteiger partial charge in [-0.05, 0) is 36.8 Å². The molecule has 110 valence electrons. The highest BCUT2D eigenvalue weighted by Gasteiger charge is 2.13. The topological polar surface area (TPSA) is 58.2 Å². The van der Waals surface area contributed by atoms with Crippen molar-refractivity contribution in [3.8, 4) is 0 Å². The third-order valence-electron chi connectivity index (χ3n) is 2.86. The molecule has 0 spiro atoms. The quantitative estimate of drug-likeness (QED) is 0.798. The van der Waals surface area contributed by atoms with E-state index in [0.717, 1.165) is 15.6 Å². The number of aryl methyl sites for hydroxylation is 1. The molecule has 0 heterocycles. The minimum Gasteiger partial charge on any atom is -0.308 e. The average Bonchev–Trinajstić information content (AvgIpc) is 2.46. The Morgan fingerprint density at radius 1 is 1.05 bits per heavy atom. The Bertz CT molecular complexity index is 738. The van der Waals surface area contributed by atoms with Crippen LogP contribution in [0.5, 0.6) is 0 Å². The van der Waals surface area contributed by atoms with Gasteiger partial charge in [0.1, 0.15) is 0 Å². The van der Waals surface area contributed by atoms with Crippen molar-refractivity contribution in [2.75, 3.05) is 0 Å². The van der Waals surface area contributed by atoms with Crippen LogP contribution >= 0.6 is 15.9 Å². The number of hydrazine groups is 1. The standard InChI is InChI=1S/C15H15BrN2O2S/c1-11-3-5-13(6-4-11)12(2)17-18-21(19,20)15-9-7-14(16)8-10-15/h3-10,17-18H,2H2,1H3. The van der Waals surface area contributed by atoms with E-state index in [2.05, 4.69) is 32.8 Å². The molecule has 6 heteroatoms. The van der Waals surface area contributed by atoms with Gasteiger partial charge < -0.3 is 5.43 Å². The molecule has 0 atom stereocenters. The van der Waals surface area contributed by atoms with E-state index < -0.39 is 10.0 Å². The Morgan fingerprint density at radius 2 is 1.62 bits per heavy atom. The van der Waals surface area contributed by atoms with Gasteiger partial charge in [-0.3, -0.25) is 0 Å². The van der Waals surface area contributed by atoms with E-state index in [0.29, 0.717) is 5.70 Å². The first kappa shape index (κ1) is 15.8. The molecule has 0 aliphatic rings. The van der Waals surface area contributed by atoms with Gasteiger partial charge in [0, 0.05) is 10.2 Å². The summed E-state index contributed by atoms with van der Waals surface area (Å²) in [6.45, 7) is 5.80. The zero-order valence-corrected chi connectivity index (χ0v) is 13.8. The lowest BCUT2D eigenvalue weighted by Gasteiger charge is -2.12. The third kappa shape index (κ3) is 4.17. The van der Waals surface area contributed by atoms with Crippen LogP contribution < -0.4 is 10.3 Å². The van der Waals surface area contributed by atoms with Crippen molar-refractivity contribution in [1.29, 1.82) is 0 Å². The van der Waals surface area contributed by atoms with E-state index in [1.54, 1.807) is 12.1 Å². The molecule has 2 aromatic rings. The maximum absolute atomic E-state index is 12.1. The summed E-state index contributed by atoms with van der Waals surface area (Å²) in [5.74, 6) is 0. The van der Waals surface area contributed by atoms with Crippen LogP contribution in [0.2, 0.25) is 0 Å². The maximum atomic E-state index is 12.1. The Kier molecular flexibility index (Phi) is 4.82. The summed E-state index contributed by atoms with van der Waals surface area (Å²) in [6, 6.07) is 14.0. The molecule has 0 amide bonds. The summed E-state index contributed by atoms with van der Waals surface area (Å²) in [7, 11) is -3.63. The minimum atomic E-state index is -3.63. The van der Waals surface area contributed by atoms with Gasteiger partial charge in [-0.15, -0.1) is 4.83 Å². The van der Waals surface area contributed by atoms with Gasteiger partial charge in [0.2, 0.25) is 0 Å². The first-order valence-electron chi connectivity index (χ1n) is 6.18. The zero-order valence-electron chi connectivity index (χ0n) is 11.4. The lowest BCUT2D eigenvalue weighted by molar-refractivity contribution is 0.576. The fourth-order valence-electron chi connectivity index (χ4n) is 1.63. The summed E-state index contributed by atoms with van der Waals surface area (Å²) in [6.07, 6.45) is 0. The Labute approximate surface area is 133 Å². The van der Waals surface area contributed by atoms with Gasteiger partial charge >= 0.3 is 0 Å². The number of hydrogen-bond acceptors (Lipinski definition) is 3. The number of sulfonamides is 1. The number of halogens is 1. The molecular formula is C15H15BrN2O2S. The molecule has 0 unspecified atom stereocenters. The molecule has 4 nitrogen and oxygen atoms in total. The number of benzene rings is 2. The maximum Gasteiger partial charge on any atom is 0.257 e. The fourth-order valence-corrected chi connectivity index (χ4v) is 2.76. The van der Waals surface area contributed by atoms with Crippen LogP contribution in [-0.2, 0) is 10.0 Å². The van der Waals surface area contributed by atoms with Gasteiger partial charge in [-0.1, -0.05) is 52.3 Å². The predicted octanol–water partition coefficient (Wildman–Crippen LogP) is 3.21. The van der Waals surface area contributed by atoms with E-state index in [-0.39, 0.29) is 4.90 Å². The molecule has 0 aliphatic carbocycles. The van der Waals surface area contributed by atoms with Gasteiger partial charge in [0.05, 0.1) is 4.90 Å². The lowest BCUT2D eigenvalue weighted by atomic mass is 10.1. The summed E-state index contributed by atoms with van der Waals surface area (Å²) >= 11 is 3.27. The second-order valence-corrected chi connectivity index (χ2v) is 7.13. The molecule has 0 saturated carbocycles. The monoisotopic (exact) mass is 366 g/mol. The molecular weight excluding hydrogens is 352 g/mol. The Morgan fingerprint density at radius 3 is 2.19 bits per heavy atom. The first-order chi connectivity index (χ1) is 9.88. The normalized spacial score (nSPS) is 11.1. The van der Waals surface area contributed by atoms with Crippen molar-refractivity contribution in [2.24, 2.45) is 0 Å². The van der Waals surface area contributed by atoms with Crippen molar-refractivity contribution in [1.82, 2.24) is 10.3 Å². The van der Waals surface area contributed by atoms with Gasteiger partial charge in [-0.2, -0.15) is 0 Å². The first-order valence-corrected chi connectivity index (χ1v) is 8.45. The largest absolute Gasteiger partial charge is 0.308 e. The van der Waals surface area contributed by atoms with E-state index in [4.69, 9.17) is 0 Å². The minimum absolute atomic E-state index is 0.176. The molecule has 0 saturated heterocycles. The van der Waals surface area contributed by atoms with Crippen molar-refractivity contribution < 1.29 is 8.42 Å². The number of rotatable bonds is 5. The summed E-state index contributed by atoms with van der Waals surface area (Å²) in [5.41, 5.74) is 5.06. The van der Waals surface area contributed by atoms with Crippen LogP contribution in [0.3, 0.4) is 0 Å². The highest BCUT2D eigenvalue weighted by molar-refractivity contribution is 9.10. The Hall–Kier alpha value is -1.63. The average molecular weight is 367 g/mol. The van der Waals surface area contributed by atoms with Crippen molar-refractivity contribution in [3.63, 3.8) is 0 Å². The Balaban J connectivity index is 2.06. The smallest absolute Gasteiger partial charge is 0.257 e. The second-order valence-electron chi connectivity index (χ2n) is 4.53. The van der Waals surface area contributed by atoms with Gasteiger partial charge in [-0.25, -0.2) is 8.42 Å². The molecule has 0 fully saturated rings. The number of nitrogens with one attached hydrogen (secondary N) is 2. The molecule has 0 radical (unpaired) electrons. The predicted molar refractivity (Wildman–Crippen MR) is 87.8 cm³/mol. The summed E-state index contributed by atoms with van der Waals surface area (Å²) in [5, 5.41) is 0. The van der Waals surface area contributed by atoms with Crippen LogP contribution in [0.15, 0.2) is 64.5 Å². The molecule has 2 N–H and O–H groups in total. The number of hydrogen-bond donors (Lipinski definition) is 2. The molecule has 0 aromatic heterocycles. The SMILES string of the molecule is C=C(NNS(=O)(=O)c1ccc(Br)cc1)c1ccc(C)cc1.